The quantitative estimate of drug-likeness (QED) is 0.823. The third-order valence-corrected chi connectivity index (χ3v) is 2.58. The molecule has 0 aliphatic heterocycles. The van der Waals surface area contributed by atoms with E-state index in [1.54, 1.807) is 6.07 Å². The van der Waals surface area contributed by atoms with Crippen molar-refractivity contribution in [3.8, 4) is 5.75 Å². The lowest BCUT2D eigenvalue weighted by Crippen LogP contribution is -2.14. The summed E-state index contributed by atoms with van der Waals surface area (Å²) < 4.78 is 30.5. The maximum absolute atomic E-state index is 12.8. The second kappa shape index (κ2) is 6.30. The molecule has 0 amide bonds. The predicted octanol–water partition coefficient (Wildman–Crippen LogP) is 2.50. The number of para-hydroxylation sites is 1. The molecule has 18 heavy (non-hydrogen) atoms. The molecule has 0 aliphatic carbocycles. The first-order chi connectivity index (χ1) is 8.47. The third kappa shape index (κ3) is 3.40. The predicted molar refractivity (Wildman–Crippen MR) is 61.7 cm³/mol. The minimum Gasteiger partial charge on any atom is -0.496 e. The smallest absolute Gasteiger partial charge is 0.303 e. The number of benzene rings is 1. The summed E-state index contributed by atoms with van der Waals surface area (Å²) in [6, 6.07) is 3.64. The van der Waals surface area contributed by atoms with E-state index in [0.717, 1.165) is 0 Å². The number of halogens is 2. The SMILES string of the molecule is COc1c(C(F)F)cccc1C(N)CCC(=O)O. The van der Waals surface area contributed by atoms with Gasteiger partial charge in [-0.25, -0.2) is 8.78 Å². The molecule has 6 heteroatoms. The van der Waals surface area contributed by atoms with Gasteiger partial charge in [-0.3, -0.25) is 4.79 Å². The highest BCUT2D eigenvalue weighted by Gasteiger charge is 2.20. The van der Waals surface area contributed by atoms with Gasteiger partial charge in [-0.15, -0.1) is 0 Å². The fourth-order valence-corrected chi connectivity index (χ4v) is 1.71. The van der Waals surface area contributed by atoms with Crippen LogP contribution in [0.15, 0.2) is 18.2 Å². The highest BCUT2D eigenvalue weighted by atomic mass is 19.3. The van der Waals surface area contributed by atoms with Gasteiger partial charge in [0, 0.05) is 18.0 Å². The molecule has 1 rings (SSSR count). The van der Waals surface area contributed by atoms with Crippen molar-refractivity contribution in [1.29, 1.82) is 0 Å². The van der Waals surface area contributed by atoms with Gasteiger partial charge in [0.2, 0.25) is 0 Å². The number of aliphatic carboxylic acids is 1. The van der Waals surface area contributed by atoms with Crippen LogP contribution in [0.3, 0.4) is 0 Å². The van der Waals surface area contributed by atoms with Gasteiger partial charge < -0.3 is 15.6 Å². The molecule has 0 heterocycles. The molecule has 0 saturated heterocycles. The fourth-order valence-electron chi connectivity index (χ4n) is 1.71. The summed E-state index contributed by atoms with van der Waals surface area (Å²) in [7, 11) is 1.29. The molecular formula is C12H15F2NO3. The van der Waals surface area contributed by atoms with Crippen molar-refractivity contribution < 1.29 is 23.4 Å². The molecule has 1 unspecified atom stereocenters. The summed E-state index contributed by atoms with van der Waals surface area (Å²) in [5.41, 5.74) is 5.96. The van der Waals surface area contributed by atoms with Crippen molar-refractivity contribution in [2.75, 3.05) is 7.11 Å². The molecular weight excluding hydrogens is 244 g/mol. The van der Waals surface area contributed by atoms with Crippen LogP contribution in [0.1, 0.15) is 36.4 Å². The highest BCUT2D eigenvalue weighted by molar-refractivity contribution is 5.66. The van der Waals surface area contributed by atoms with Crippen LogP contribution in [-0.2, 0) is 4.79 Å². The van der Waals surface area contributed by atoms with Gasteiger partial charge in [-0.05, 0) is 12.5 Å². The average molecular weight is 259 g/mol. The number of hydrogen-bond donors (Lipinski definition) is 2. The zero-order valence-electron chi connectivity index (χ0n) is 9.90. The van der Waals surface area contributed by atoms with Crippen LogP contribution in [0.4, 0.5) is 8.78 Å². The number of alkyl halides is 2. The molecule has 1 atom stereocenters. The summed E-state index contributed by atoms with van der Waals surface area (Å²) in [6.07, 6.45) is -2.62. The summed E-state index contributed by atoms with van der Waals surface area (Å²) in [5, 5.41) is 8.57. The number of carboxylic acids is 1. The van der Waals surface area contributed by atoms with Crippen LogP contribution < -0.4 is 10.5 Å². The molecule has 1 aromatic rings. The summed E-state index contributed by atoms with van der Waals surface area (Å²) >= 11 is 0. The fraction of sp³-hybridized carbons (Fsp3) is 0.417. The van der Waals surface area contributed by atoms with E-state index in [1.807, 2.05) is 0 Å². The Balaban J connectivity index is 3.00. The number of nitrogens with two attached hydrogens (primary N) is 1. The van der Waals surface area contributed by atoms with E-state index in [0.29, 0.717) is 5.56 Å². The number of carbonyl (C=O) groups is 1. The zero-order chi connectivity index (χ0) is 13.7. The van der Waals surface area contributed by atoms with Crippen LogP contribution in [0.25, 0.3) is 0 Å². The molecule has 0 saturated carbocycles. The van der Waals surface area contributed by atoms with Crippen molar-refractivity contribution >= 4 is 5.97 Å². The maximum atomic E-state index is 12.8. The highest BCUT2D eigenvalue weighted by Crippen LogP contribution is 2.35. The second-order valence-electron chi connectivity index (χ2n) is 3.81. The molecule has 0 spiro atoms. The number of hydrogen-bond acceptors (Lipinski definition) is 3. The molecule has 0 aromatic heterocycles. The topological polar surface area (TPSA) is 72.5 Å². The Kier molecular flexibility index (Phi) is 5.03. The minimum absolute atomic E-state index is 0.0328. The zero-order valence-corrected chi connectivity index (χ0v) is 9.90. The number of methoxy groups -OCH3 is 1. The lowest BCUT2D eigenvalue weighted by atomic mass is 9.99. The van der Waals surface area contributed by atoms with Crippen molar-refractivity contribution in [2.45, 2.75) is 25.3 Å². The molecule has 4 nitrogen and oxygen atoms in total. The van der Waals surface area contributed by atoms with Crippen molar-refractivity contribution in [3.63, 3.8) is 0 Å². The van der Waals surface area contributed by atoms with Crippen LogP contribution >= 0.6 is 0 Å². The number of ether oxygens (including phenoxy) is 1. The molecule has 0 radical (unpaired) electrons. The molecule has 0 aliphatic rings. The summed E-state index contributed by atoms with van der Waals surface area (Å²) in [5.74, 6) is -0.945. The van der Waals surface area contributed by atoms with Crippen molar-refractivity contribution in [1.82, 2.24) is 0 Å². The monoisotopic (exact) mass is 259 g/mol. The van der Waals surface area contributed by atoms with E-state index in [4.69, 9.17) is 15.6 Å². The van der Waals surface area contributed by atoms with E-state index < -0.39 is 18.4 Å². The van der Waals surface area contributed by atoms with Gasteiger partial charge in [0.1, 0.15) is 5.75 Å². The van der Waals surface area contributed by atoms with Gasteiger partial charge in [0.05, 0.1) is 12.7 Å². The standard InChI is InChI=1S/C12H15F2NO3/c1-18-11-7(9(15)5-6-10(16)17)3-2-4-8(11)12(13)14/h2-4,9,12H,5-6,15H2,1H3,(H,16,17). The van der Waals surface area contributed by atoms with Crippen LogP contribution in [0, 0.1) is 0 Å². The van der Waals surface area contributed by atoms with Gasteiger partial charge in [0.25, 0.3) is 6.43 Å². The van der Waals surface area contributed by atoms with Gasteiger partial charge in [0.15, 0.2) is 0 Å². The Hall–Kier alpha value is -1.69. The minimum atomic E-state index is -2.66. The first kappa shape index (κ1) is 14.4. The third-order valence-electron chi connectivity index (χ3n) is 2.58. The van der Waals surface area contributed by atoms with Crippen molar-refractivity contribution in [3.05, 3.63) is 29.3 Å². The van der Waals surface area contributed by atoms with E-state index >= 15 is 0 Å². The normalized spacial score (nSPS) is 12.5. The maximum Gasteiger partial charge on any atom is 0.303 e. The van der Waals surface area contributed by atoms with E-state index in [1.165, 1.54) is 19.2 Å². The Bertz CT molecular complexity index is 424. The summed E-state index contributed by atoms with van der Waals surface area (Å²) in [4.78, 5) is 10.5. The van der Waals surface area contributed by atoms with Crippen LogP contribution in [0.2, 0.25) is 0 Å². The number of rotatable bonds is 6. The van der Waals surface area contributed by atoms with E-state index in [9.17, 15) is 13.6 Å². The molecule has 0 fully saturated rings. The van der Waals surface area contributed by atoms with E-state index in [-0.39, 0.29) is 24.2 Å². The first-order valence-electron chi connectivity index (χ1n) is 5.39. The number of carboxylic acid groups (broad SMARTS) is 1. The van der Waals surface area contributed by atoms with Crippen LogP contribution in [-0.4, -0.2) is 18.2 Å². The lowest BCUT2D eigenvalue weighted by Gasteiger charge is -2.17. The Labute approximate surface area is 103 Å². The first-order valence-corrected chi connectivity index (χ1v) is 5.39. The lowest BCUT2D eigenvalue weighted by molar-refractivity contribution is -0.137. The molecule has 1 aromatic carbocycles. The molecule has 3 N–H and O–H groups in total. The largest absolute Gasteiger partial charge is 0.496 e. The molecule has 0 bridgehead atoms. The van der Waals surface area contributed by atoms with Gasteiger partial charge in [-0.2, -0.15) is 0 Å². The molecule has 100 valence electrons. The second-order valence-corrected chi connectivity index (χ2v) is 3.81. The average Bonchev–Trinajstić information content (AvgIpc) is 2.34. The van der Waals surface area contributed by atoms with Crippen molar-refractivity contribution in [2.24, 2.45) is 5.73 Å². The van der Waals surface area contributed by atoms with Gasteiger partial charge in [-0.1, -0.05) is 12.1 Å². The van der Waals surface area contributed by atoms with Crippen LogP contribution in [0.5, 0.6) is 5.75 Å². The summed E-state index contributed by atoms with van der Waals surface area (Å²) in [6.45, 7) is 0. The Morgan fingerprint density at radius 1 is 1.44 bits per heavy atom. The van der Waals surface area contributed by atoms with E-state index in [2.05, 4.69) is 0 Å². The Morgan fingerprint density at radius 3 is 2.56 bits per heavy atom. The van der Waals surface area contributed by atoms with Gasteiger partial charge >= 0.3 is 5.97 Å². The Morgan fingerprint density at radius 2 is 2.06 bits per heavy atom.